The molecule has 0 spiro atoms. The highest BCUT2D eigenvalue weighted by atomic mass is 32.1. The Hall–Kier alpha value is -3.00. The van der Waals surface area contributed by atoms with Crippen LogP contribution in [-0.4, -0.2) is 33.8 Å². The van der Waals surface area contributed by atoms with Crippen molar-refractivity contribution in [1.82, 2.24) is 14.8 Å². The van der Waals surface area contributed by atoms with Gasteiger partial charge in [0.25, 0.3) is 5.91 Å². The number of anilines is 1. The highest BCUT2D eigenvalue weighted by molar-refractivity contribution is 7.16. The van der Waals surface area contributed by atoms with Crippen LogP contribution in [0, 0.1) is 12.8 Å². The Morgan fingerprint density at radius 1 is 1.25 bits per heavy atom. The lowest BCUT2D eigenvalue weighted by molar-refractivity contribution is 0.0593. The Labute approximate surface area is 167 Å². The van der Waals surface area contributed by atoms with Crippen LogP contribution in [0.2, 0.25) is 0 Å². The summed E-state index contributed by atoms with van der Waals surface area (Å²) < 4.78 is 6.52. The number of aromatic nitrogens is 3. The van der Waals surface area contributed by atoms with E-state index in [2.05, 4.69) is 29.2 Å². The first-order valence-electron chi connectivity index (χ1n) is 8.90. The largest absolute Gasteiger partial charge is 0.464 e. The third-order valence-electron chi connectivity index (χ3n) is 4.15. The van der Waals surface area contributed by atoms with Gasteiger partial charge in [-0.15, -0.1) is 11.3 Å². The van der Waals surface area contributed by atoms with Crippen LogP contribution in [-0.2, 0) is 11.2 Å². The van der Waals surface area contributed by atoms with Crippen LogP contribution in [0.1, 0.15) is 45.3 Å². The summed E-state index contributed by atoms with van der Waals surface area (Å²) in [5.41, 5.74) is 2.30. The van der Waals surface area contributed by atoms with Gasteiger partial charge in [0, 0.05) is 4.88 Å². The molecular formula is C20H22N4O3S. The van der Waals surface area contributed by atoms with Crippen molar-refractivity contribution in [3.63, 3.8) is 0 Å². The molecule has 0 aliphatic rings. The summed E-state index contributed by atoms with van der Waals surface area (Å²) in [6, 6.07) is 9.59. The minimum Gasteiger partial charge on any atom is -0.464 e. The number of para-hydroxylation sites is 1. The third kappa shape index (κ3) is 4.12. The molecule has 0 saturated carbocycles. The molecule has 1 aromatic carbocycles. The number of nitrogens with zero attached hydrogens (tertiary/aromatic N) is 3. The lowest BCUT2D eigenvalue weighted by Crippen LogP contribution is -2.13. The number of ether oxygens (including phenoxy) is 1. The van der Waals surface area contributed by atoms with Gasteiger partial charge in [-0.05, 0) is 31.4 Å². The van der Waals surface area contributed by atoms with Gasteiger partial charge in [0.1, 0.15) is 0 Å². The number of nitrogens with one attached hydrogen (secondary N) is 1. The molecule has 28 heavy (non-hydrogen) atoms. The minimum absolute atomic E-state index is 0.258. The zero-order chi connectivity index (χ0) is 20.3. The Bertz CT molecular complexity index is 992. The molecule has 3 rings (SSSR count). The first kappa shape index (κ1) is 19.8. The van der Waals surface area contributed by atoms with E-state index >= 15 is 0 Å². The van der Waals surface area contributed by atoms with Gasteiger partial charge in [-0.2, -0.15) is 5.10 Å². The predicted molar refractivity (Wildman–Crippen MR) is 108 cm³/mol. The maximum atomic E-state index is 12.7. The van der Waals surface area contributed by atoms with Gasteiger partial charge in [0.15, 0.2) is 10.8 Å². The van der Waals surface area contributed by atoms with E-state index in [9.17, 15) is 9.59 Å². The Morgan fingerprint density at radius 3 is 2.61 bits per heavy atom. The summed E-state index contributed by atoms with van der Waals surface area (Å²) in [4.78, 5) is 29.8. The predicted octanol–water partition coefficient (Wildman–Crippen LogP) is 3.87. The number of carbonyl (C=O) groups is 2. The summed E-state index contributed by atoms with van der Waals surface area (Å²) in [7, 11) is 1.32. The van der Waals surface area contributed by atoms with Crippen LogP contribution < -0.4 is 5.32 Å². The summed E-state index contributed by atoms with van der Waals surface area (Å²) in [5, 5.41) is 7.47. The molecule has 1 amide bonds. The van der Waals surface area contributed by atoms with Gasteiger partial charge in [0.2, 0.25) is 0 Å². The van der Waals surface area contributed by atoms with Crippen molar-refractivity contribution in [1.29, 1.82) is 0 Å². The Morgan fingerprint density at radius 2 is 1.96 bits per heavy atom. The van der Waals surface area contributed by atoms with Crippen molar-refractivity contribution in [2.24, 2.45) is 5.92 Å². The molecule has 146 valence electrons. The third-order valence-corrected chi connectivity index (χ3v) is 5.14. The van der Waals surface area contributed by atoms with E-state index in [0.29, 0.717) is 23.0 Å². The van der Waals surface area contributed by atoms with Crippen LogP contribution >= 0.6 is 11.3 Å². The highest BCUT2D eigenvalue weighted by Gasteiger charge is 2.22. The topological polar surface area (TPSA) is 86.1 Å². The lowest BCUT2D eigenvalue weighted by atomic mass is 10.1. The monoisotopic (exact) mass is 398 g/mol. The highest BCUT2D eigenvalue weighted by Crippen LogP contribution is 2.27. The van der Waals surface area contributed by atoms with Crippen LogP contribution in [0.15, 0.2) is 36.5 Å². The van der Waals surface area contributed by atoms with Gasteiger partial charge in [-0.1, -0.05) is 32.0 Å². The normalized spacial score (nSPS) is 10.9. The van der Waals surface area contributed by atoms with Crippen molar-refractivity contribution in [3.05, 3.63) is 58.4 Å². The molecular weight excluding hydrogens is 376 g/mol. The Kier molecular flexibility index (Phi) is 5.89. The second kappa shape index (κ2) is 8.35. The Balaban J connectivity index is 1.85. The van der Waals surface area contributed by atoms with Crippen molar-refractivity contribution >= 4 is 28.3 Å². The number of benzene rings is 1. The first-order valence-corrected chi connectivity index (χ1v) is 9.71. The number of hydrogen-bond donors (Lipinski definition) is 1. The van der Waals surface area contributed by atoms with Crippen molar-refractivity contribution in [2.45, 2.75) is 27.2 Å². The maximum absolute atomic E-state index is 12.7. The lowest BCUT2D eigenvalue weighted by Gasteiger charge is -2.05. The van der Waals surface area contributed by atoms with Crippen LogP contribution in [0.4, 0.5) is 5.13 Å². The molecule has 0 fully saturated rings. The zero-order valence-corrected chi connectivity index (χ0v) is 17.0. The standard InChI is InChI=1S/C20H22N4O3S/c1-12(2)10-16-17(19(26)27-4)22-20(28-16)23-18(25)15-11-21-24(13(15)3)14-8-6-5-7-9-14/h5-9,11-12H,10H2,1-4H3,(H,22,23,25). The molecule has 8 heteroatoms. The van der Waals surface area contributed by atoms with E-state index in [1.807, 2.05) is 37.3 Å². The van der Waals surface area contributed by atoms with E-state index in [4.69, 9.17) is 4.74 Å². The average molecular weight is 398 g/mol. The molecule has 0 radical (unpaired) electrons. The van der Waals surface area contributed by atoms with Crippen molar-refractivity contribution in [3.8, 4) is 5.69 Å². The number of amides is 1. The number of methoxy groups -OCH3 is 1. The molecule has 0 unspecified atom stereocenters. The zero-order valence-electron chi connectivity index (χ0n) is 16.2. The maximum Gasteiger partial charge on any atom is 0.357 e. The number of carbonyl (C=O) groups excluding carboxylic acids is 2. The number of hydrogen-bond acceptors (Lipinski definition) is 6. The minimum atomic E-state index is -0.500. The van der Waals surface area contributed by atoms with E-state index < -0.39 is 5.97 Å². The van der Waals surface area contributed by atoms with Gasteiger partial charge in [-0.25, -0.2) is 14.5 Å². The fourth-order valence-corrected chi connectivity index (χ4v) is 3.95. The van der Waals surface area contributed by atoms with E-state index in [1.54, 1.807) is 4.68 Å². The van der Waals surface area contributed by atoms with Gasteiger partial charge >= 0.3 is 5.97 Å². The molecule has 0 bridgehead atoms. The van der Waals surface area contributed by atoms with E-state index in [0.717, 1.165) is 16.3 Å². The smallest absolute Gasteiger partial charge is 0.357 e. The second-order valence-electron chi connectivity index (χ2n) is 6.73. The quantitative estimate of drug-likeness (QED) is 0.637. The average Bonchev–Trinajstić information content (AvgIpc) is 3.24. The van der Waals surface area contributed by atoms with Gasteiger partial charge in [-0.3, -0.25) is 10.1 Å². The molecule has 2 heterocycles. The van der Waals surface area contributed by atoms with Crippen molar-refractivity contribution in [2.75, 3.05) is 12.4 Å². The molecule has 2 aromatic heterocycles. The van der Waals surface area contributed by atoms with Crippen molar-refractivity contribution < 1.29 is 14.3 Å². The molecule has 7 nitrogen and oxygen atoms in total. The summed E-state index contributed by atoms with van der Waals surface area (Å²) in [5.74, 6) is -0.472. The molecule has 1 N–H and O–H groups in total. The van der Waals surface area contributed by atoms with E-state index in [-0.39, 0.29) is 11.6 Å². The summed E-state index contributed by atoms with van der Waals surface area (Å²) in [6.45, 7) is 5.95. The SMILES string of the molecule is COC(=O)c1nc(NC(=O)c2cnn(-c3ccccc3)c2C)sc1CC(C)C. The molecule has 0 aliphatic carbocycles. The van der Waals surface area contributed by atoms with Crippen LogP contribution in [0.5, 0.6) is 0 Å². The fraction of sp³-hybridized carbons (Fsp3) is 0.300. The van der Waals surface area contributed by atoms with Crippen LogP contribution in [0.3, 0.4) is 0 Å². The summed E-state index contributed by atoms with van der Waals surface area (Å²) in [6.07, 6.45) is 2.21. The van der Waals surface area contributed by atoms with Gasteiger partial charge < -0.3 is 4.74 Å². The molecule has 0 aliphatic heterocycles. The summed E-state index contributed by atoms with van der Waals surface area (Å²) >= 11 is 1.29. The first-order chi connectivity index (χ1) is 13.4. The number of esters is 1. The van der Waals surface area contributed by atoms with E-state index in [1.165, 1.54) is 24.6 Å². The molecule has 3 aromatic rings. The molecule has 0 saturated heterocycles. The van der Waals surface area contributed by atoms with Gasteiger partial charge in [0.05, 0.1) is 30.3 Å². The fourth-order valence-electron chi connectivity index (χ4n) is 2.80. The molecule has 0 atom stereocenters. The number of rotatable bonds is 6. The number of thiazole rings is 1. The van der Waals surface area contributed by atoms with Crippen LogP contribution in [0.25, 0.3) is 5.69 Å². The second-order valence-corrected chi connectivity index (χ2v) is 7.81.